The summed E-state index contributed by atoms with van der Waals surface area (Å²) in [5.74, 6) is 0.276. The molecular weight excluding hydrogens is 254 g/mol. The molecule has 0 atom stereocenters. The molecule has 2 aromatic rings. The number of carboxylic acid groups (broad SMARTS) is 1. The quantitative estimate of drug-likeness (QED) is 0.725. The number of hydrogen-bond donors (Lipinski definition) is 2. The van der Waals surface area contributed by atoms with Gasteiger partial charge in [0.1, 0.15) is 0 Å². The first kappa shape index (κ1) is 11.3. The van der Waals surface area contributed by atoms with Crippen molar-refractivity contribution in [2.24, 2.45) is 0 Å². The number of ether oxygens (including phenoxy) is 2. The number of aliphatic carboxylic acids is 1. The van der Waals surface area contributed by atoms with Crippen molar-refractivity contribution in [2.75, 3.05) is 12.5 Å². The van der Waals surface area contributed by atoms with Crippen LogP contribution >= 0.6 is 0 Å². The summed E-state index contributed by atoms with van der Waals surface area (Å²) in [6.07, 6.45) is 0. The van der Waals surface area contributed by atoms with Crippen molar-refractivity contribution < 1.29 is 19.4 Å². The lowest BCUT2D eigenvalue weighted by Crippen LogP contribution is -2.11. The SMILES string of the molecule is Nc1cc2c(cc1-c1nnn(CC(=O)O)n1)OCO2. The first-order valence-electron chi connectivity index (χ1n) is 5.32. The van der Waals surface area contributed by atoms with Gasteiger partial charge in [0.05, 0.1) is 0 Å². The van der Waals surface area contributed by atoms with Crippen molar-refractivity contribution >= 4 is 11.7 Å². The highest BCUT2D eigenvalue weighted by atomic mass is 16.7. The Morgan fingerprint density at radius 3 is 2.89 bits per heavy atom. The van der Waals surface area contributed by atoms with Crippen LogP contribution in [0.4, 0.5) is 5.69 Å². The Hall–Kier alpha value is -2.84. The average Bonchev–Trinajstić information content (AvgIpc) is 2.95. The van der Waals surface area contributed by atoms with Crippen LogP contribution in [0.1, 0.15) is 0 Å². The third kappa shape index (κ3) is 2.01. The van der Waals surface area contributed by atoms with Crippen LogP contribution in [-0.4, -0.2) is 38.1 Å². The van der Waals surface area contributed by atoms with Crippen molar-refractivity contribution in [3.63, 3.8) is 0 Å². The summed E-state index contributed by atoms with van der Waals surface area (Å²) in [5.41, 5.74) is 6.78. The first-order chi connectivity index (χ1) is 9.13. The van der Waals surface area contributed by atoms with E-state index in [2.05, 4.69) is 15.4 Å². The number of carboxylic acids is 1. The molecule has 9 nitrogen and oxygen atoms in total. The molecule has 2 heterocycles. The smallest absolute Gasteiger partial charge is 0.327 e. The molecule has 0 aliphatic carbocycles. The third-order valence-corrected chi connectivity index (χ3v) is 2.52. The summed E-state index contributed by atoms with van der Waals surface area (Å²) >= 11 is 0. The van der Waals surface area contributed by atoms with E-state index in [1.807, 2.05) is 0 Å². The van der Waals surface area contributed by atoms with Gasteiger partial charge in [-0.2, -0.15) is 4.80 Å². The molecule has 0 unspecified atom stereocenters. The maximum absolute atomic E-state index is 10.5. The molecule has 19 heavy (non-hydrogen) atoms. The van der Waals surface area contributed by atoms with Crippen LogP contribution in [0.5, 0.6) is 11.5 Å². The minimum absolute atomic E-state index is 0.136. The summed E-state index contributed by atoms with van der Waals surface area (Å²) in [4.78, 5) is 11.5. The van der Waals surface area contributed by atoms with Crippen molar-refractivity contribution in [3.05, 3.63) is 12.1 Å². The van der Waals surface area contributed by atoms with Gasteiger partial charge in [-0.25, -0.2) is 0 Å². The largest absolute Gasteiger partial charge is 0.480 e. The third-order valence-electron chi connectivity index (χ3n) is 2.52. The lowest BCUT2D eigenvalue weighted by molar-refractivity contribution is -0.138. The van der Waals surface area contributed by atoms with Gasteiger partial charge in [-0.3, -0.25) is 4.79 Å². The van der Waals surface area contributed by atoms with Crippen molar-refractivity contribution in [1.82, 2.24) is 20.2 Å². The number of aromatic nitrogens is 4. The van der Waals surface area contributed by atoms with E-state index >= 15 is 0 Å². The van der Waals surface area contributed by atoms with Gasteiger partial charge in [0, 0.05) is 17.3 Å². The fraction of sp³-hybridized carbons (Fsp3) is 0.200. The Morgan fingerprint density at radius 2 is 2.16 bits per heavy atom. The molecule has 9 heteroatoms. The highest BCUT2D eigenvalue weighted by Gasteiger charge is 2.19. The fourth-order valence-electron chi connectivity index (χ4n) is 1.69. The molecule has 1 aliphatic rings. The topological polar surface area (TPSA) is 125 Å². The minimum atomic E-state index is -1.05. The Kier molecular flexibility index (Phi) is 2.44. The molecule has 0 spiro atoms. The number of nitrogens with zero attached hydrogens (tertiary/aromatic N) is 4. The number of carbonyl (C=O) groups is 1. The maximum Gasteiger partial charge on any atom is 0.327 e. The average molecular weight is 263 g/mol. The first-order valence-corrected chi connectivity index (χ1v) is 5.32. The van der Waals surface area contributed by atoms with Gasteiger partial charge in [0.2, 0.25) is 12.6 Å². The van der Waals surface area contributed by atoms with Gasteiger partial charge in [-0.15, -0.1) is 10.2 Å². The summed E-state index contributed by atoms with van der Waals surface area (Å²) in [6.45, 7) is -0.227. The molecule has 0 saturated heterocycles. The molecule has 0 saturated carbocycles. The zero-order valence-electron chi connectivity index (χ0n) is 9.61. The zero-order valence-corrected chi connectivity index (χ0v) is 9.61. The number of benzene rings is 1. The van der Waals surface area contributed by atoms with Gasteiger partial charge in [-0.05, 0) is 11.3 Å². The number of nitrogens with two attached hydrogens (primary N) is 1. The lowest BCUT2D eigenvalue weighted by atomic mass is 10.1. The van der Waals surface area contributed by atoms with Crippen LogP contribution in [0.15, 0.2) is 12.1 Å². The van der Waals surface area contributed by atoms with Crippen LogP contribution in [-0.2, 0) is 11.3 Å². The van der Waals surface area contributed by atoms with Crippen LogP contribution in [0.2, 0.25) is 0 Å². The summed E-state index contributed by atoms with van der Waals surface area (Å²) < 4.78 is 10.4. The van der Waals surface area contributed by atoms with E-state index in [1.54, 1.807) is 12.1 Å². The minimum Gasteiger partial charge on any atom is -0.480 e. The van der Waals surface area contributed by atoms with Crippen LogP contribution in [0, 0.1) is 0 Å². The Balaban J connectivity index is 1.98. The monoisotopic (exact) mass is 263 g/mol. The van der Waals surface area contributed by atoms with E-state index < -0.39 is 5.97 Å². The van der Waals surface area contributed by atoms with Gasteiger partial charge < -0.3 is 20.3 Å². The number of tetrazole rings is 1. The number of fused-ring (bicyclic) bond motifs is 1. The molecule has 0 amide bonds. The fourth-order valence-corrected chi connectivity index (χ4v) is 1.69. The number of rotatable bonds is 3. The summed E-state index contributed by atoms with van der Waals surface area (Å²) in [5, 5.41) is 20.0. The summed E-state index contributed by atoms with van der Waals surface area (Å²) in [7, 11) is 0. The number of hydrogen-bond acceptors (Lipinski definition) is 7. The van der Waals surface area contributed by atoms with E-state index in [0.717, 1.165) is 4.80 Å². The van der Waals surface area contributed by atoms with Gasteiger partial charge in [-0.1, -0.05) is 0 Å². The number of nitrogen functional groups attached to an aromatic ring is 1. The molecule has 98 valence electrons. The second-order valence-corrected chi connectivity index (χ2v) is 3.83. The molecule has 1 aliphatic heterocycles. The molecule has 1 aromatic carbocycles. The Bertz CT molecular complexity index is 653. The summed E-state index contributed by atoms with van der Waals surface area (Å²) in [6, 6.07) is 3.25. The Morgan fingerprint density at radius 1 is 1.42 bits per heavy atom. The maximum atomic E-state index is 10.5. The zero-order chi connectivity index (χ0) is 13.4. The normalized spacial score (nSPS) is 12.6. The lowest BCUT2D eigenvalue weighted by Gasteiger charge is -2.03. The molecule has 0 radical (unpaired) electrons. The molecule has 3 N–H and O–H groups in total. The highest BCUT2D eigenvalue weighted by Crippen LogP contribution is 2.38. The molecule has 0 bridgehead atoms. The predicted molar refractivity (Wildman–Crippen MR) is 61.4 cm³/mol. The van der Waals surface area contributed by atoms with E-state index in [4.69, 9.17) is 20.3 Å². The number of anilines is 1. The predicted octanol–water partition coefficient (Wildman–Crippen LogP) is -0.264. The van der Waals surface area contributed by atoms with Crippen LogP contribution in [0.3, 0.4) is 0 Å². The van der Waals surface area contributed by atoms with E-state index in [0.29, 0.717) is 22.7 Å². The van der Waals surface area contributed by atoms with Crippen molar-refractivity contribution in [3.8, 4) is 22.9 Å². The van der Waals surface area contributed by atoms with E-state index in [-0.39, 0.29) is 19.2 Å². The van der Waals surface area contributed by atoms with Gasteiger partial charge in [0.15, 0.2) is 18.0 Å². The Labute approximate surface area is 106 Å². The van der Waals surface area contributed by atoms with Gasteiger partial charge >= 0.3 is 5.97 Å². The van der Waals surface area contributed by atoms with Gasteiger partial charge in [0.25, 0.3) is 0 Å². The van der Waals surface area contributed by atoms with E-state index in [9.17, 15) is 4.79 Å². The molecule has 0 fully saturated rings. The molecule has 3 rings (SSSR count). The van der Waals surface area contributed by atoms with E-state index in [1.165, 1.54) is 0 Å². The van der Waals surface area contributed by atoms with Crippen LogP contribution in [0.25, 0.3) is 11.4 Å². The highest BCUT2D eigenvalue weighted by molar-refractivity contribution is 5.75. The molecule has 1 aromatic heterocycles. The van der Waals surface area contributed by atoms with Crippen molar-refractivity contribution in [1.29, 1.82) is 0 Å². The second kappa shape index (κ2) is 4.12. The standard InChI is InChI=1S/C10H9N5O4/c11-6-2-8-7(18-4-19-8)1-5(6)10-12-14-15(13-10)3-9(16)17/h1-2H,3-4,11H2,(H,16,17). The van der Waals surface area contributed by atoms with Crippen molar-refractivity contribution in [2.45, 2.75) is 6.54 Å². The molecular formula is C10H9N5O4. The second-order valence-electron chi connectivity index (χ2n) is 3.83. The van der Waals surface area contributed by atoms with Crippen LogP contribution < -0.4 is 15.2 Å².